The third kappa shape index (κ3) is 39.2. The average Bonchev–Trinajstić information content (AvgIpc) is 0.960. The third-order valence-electron chi connectivity index (χ3n) is 21.8. The number of amides is 17. The first-order valence-electron chi connectivity index (χ1n) is 45.1. The number of nitrogens with zero attached hydrogens (tertiary/aromatic N) is 3. The fourth-order valence-electron chi connectivity index (χ4n) is 14.4. The van der Waals surface area contributed by atoms with Crippen LogP contribution in [0.4, 0.5) is 0 Å². The molecule has 0 radical (unpaired) electrons. The van der Waals surface area contributed by atoms with Gasteiger partial charge in [-0.1, -0.05) is 106 Å². The molecule has 0 saturated heterocycles. The predicted molar refractivity (Wildman–Crippen MR) is 501 cm³/mol. The Morgan fingerprint density at radius 2 is 1.02 bits per heavy atom. The highest BCUT2D eigenvalue weighted by molar-refractivity contribution is 7.98. The lowest BCUT2D eigenvalue weighted by atomic mass is 10.0. The Labute approximate surface area is 788 Å². The number of hydrogen-bond acceptors (Lipinski definition) is 27. The number of thioether (sulfide) groups is 2. The van der Waals surface area contributed by atoms with E-state index in [9.17, 15) is 102 Å². The van der Waals surface area contributed by atoms with E-state index in [4.69, 9.17) is 17.2 Å². The smallest absolute Gasteiger partial charge is 0.245 e. The van der Waals surface area contributed by atoms with Gasteiger partial charge in [0.2, 0.25) is 100 Å². The number of carbonyl (C=O) groups excluding carboxylic acids is 17. The largest absolute Gasteiger partial charge is 0.394 e. The normalized spacial score (nSPS) is 18.7. The van der Waals surface area contributed by atoms with Crippen LogP contribution >= 0.6 is 23.5 Å². The molecule has 0 fully saturated rings. The summed E-state index contributed by atoms with van der Waals surface area (Å²) in [6.45, 7) is 11.9. The van der Waals surface area contributed by atoms with E-state index >= 15 is 0 Å². The number of nitrogens with one attached hydrogen (secondary N) is 16. The molecule has 4 aromatic rings. The standard InChI is InChI=1S/C89H138N22O21S2/c1-48(2)39-65(84(127)106-70(47-112)75(92)118)102-86(129)69-44-59-46-111(110-109-59)36-22-19-29-60(78(121)94-50(5)76(119)101-68(42-55-23-13-12-14-24-55)85(128)99-62(80(123)103-69)28-18-21-35-91)97-79(122)61(27-17-20-34-90)98-83(126)66(40-49(3)4)104-87(130)73(52(7)114)107-82(125)64(33-38-134-11)100-81(124)63(32-37-133-10)96-71(117)45-93-77(120)67(43-56-30-31-57-25-15-16-26-58(57)41-56)105-88(131)74(53(8)115)108-89(132)72(51(6)113)95-54(9)116/h12-16,23-26,30-31,41,46,48-53,60-70,72-74,112-115H,17-22,27-29,32-40,42-45,47,90-91H2,1-11H3,(H2,92,118)(H,93,120)(H,94,121)(H,95,116)(H,96,117)(H,97,122)(H,98,126)(H,99,128)(H,100,124)(H,101,119)(H,102,129)(H,103,123)(H,104,130)(H,105,131)(H,106,127)(H,107,125)(H,108,132)/t50-,51+,52+,53+,60-,61-,62-,63-,64-,65-,66-,67?,68-,69+,70-,72-,73-,74-/m0/s1. The van der Waals surface area contributed by atoms with Crippen LogP contribution in [0, 0.1) is 11.8 Å². The lowest BCUT2D eigenvalue weighted by molar-refractivity contribution is -0.137. The highest BCUT2D eigenvalue weighted by atomic mass is 32.2. The summed E-state index contributed by atoms with van der Waals surface area (Å²) in [7, 11) is 0. The molecule has 17 amide bonds. The van der Waals surface area contributed by atoms with Crippen LogP contribution in [0.5, 0.6) is 0 Å². The summed E-state index contributed by atoms with van der Waals surface area (Å²) < 4.78 is 1.42. The highest BCUT2D eigenvalue weighted by Gasteiger charge is 2.40. The first-order valence-corrected chi connectivity index (χ1v) is 47.9. The van der Waals surface area contributed by atoms with E-state index in [0.717, 1.165) is 17.7 Å². The number of rotatable bonds is 50. The predicted octanol–water partition coefficient (Wildman–Crippen LogP) is -4.45. The Hall–Kier alpha value is -11.5. The van der Waals surface area contributed by atoms with Crippen molar-refractivity contribution in [2.75, 3.05) is 50.3 Å². The van der Waals surface area contributed by atoms with Gasteiger partial charge in [0.05, 0.1) is 37.2 Å². The molecule has 1 aliphatic rings. The minimum Gasteiger partial charge on any atom is -0.394 e. The summed E-state index contributed by atoms with van der Waals surface area (Å²) in [5, 5.41) is 93.8. The number of aliphatic hydroxyl groups is 4. The molecule has 43 nitrogen and oxygen atoms in total. The summed E-state index contributed by atoms with van der Waals surface area (Å²) in [5.74, 6) is -15.6. The van der Waals surface area contributed by atoms with E-state index in [1.165, 1.54) is 62.1 Å². The summed E-state index contributed by atoms with van der Waals surface area (Å²) in [5.41, 5.74) is 18.5. The number of unbranched alkanes of at least 4 members (excludes halogenated alkanes) is 2. The molecule has 0 aliphatic carbocycles. The van der Waals surface area contributed by atoms with Crippen molar-refractivity contribution < 1.29 is 102 Å². The summed E-state index contributed by atoms with van der Waals surface area (Å²) in [4.78, 5) is 240. The van der Waals surface area contributed by atoms with Crippen molar-refractivity contribution in [3.8, 4) is 0 Å². The van der Waals surface area contributed by atoms with Gasteiger partial charge in [0.1, 0.15) is 90.6 Å². The number of aryl methyl sites for hydroxylation is 1. The van der Waals surface area contributed by atoms with E-state index in [-0.39, 0.29) is 132 Å². The van der Waals surface area contributed by atoms with Crippen LogP contribution in [0.3, 0.4) is 0 Å². The monoisotopic (exact) mass is 1910 g/mol. The number of aliphatic hydroxyl groups excluding tert-OH is 4. The topological polar surface area (TPSA) is 672 Å². The van der Waals surface area contributed by atoms with Gasteiger partial charge < -0.3 is 123 Å². The van der Waals surface area contributed by atoms with Crippen LogP contribution in [0.1, 0.15) is 163 Å². The third-order valence-corrected chi connectivity index (χ3v) is 23.1. The van der Waals surface area contributed by atoms with Gasteiger partial charge in [-0.15, -0.1) is 5.10 Å². The van der Waals surface area contributed by atoms with Gasteiger partial charge in [-0.3, -0.25) is 86.2 Å². The maximum Gasteiger partial charge on any atom is 0.245 e. The minimum absolute atomic E-state index is 0.0175. The second-order valence-electron chi connectivity index (χ2n) is 34.3. The second-order valence-corrected chi connectivity index (χ2v) is 36.2. The lowest BCUT2D eigenvalue weighted by Crippen LogP contribution is -2.62. The fourth-order valence-corrected chi connectivity index (χ4v) is 15.4. The van der Waals surface area contributed by atoms with Crippen molar-refractivity contribution in [3.63, 3.8) is 0 Å². The van der Waals surface area contributed by atoms with Crippen molar-refractivity contribution in [2.24, 2.45) is 29.0 Å². The van der Waals surface area contributed by atoms with Crippen LogP contribution in [0.25, 0.3) is 10.8 Å². The highest BCUT2D eigenvalue weighted by Crippen LogP contribution is 2.20. The second kappa shape index (κ2) is 58.6. The molecule has 1 unspecified atom stereocenters. The van der Waals surface area contributed by atoms with Crippen molar-refractivity contribution in [2.45, 2.75) is 281 Å². The number of nitrogens with two attached hydrogens (primary N) is 3. The molecule has 1 aromatic heterocycles. The zero-order valence-corrected chi connectivity index (χ0v) is 79.6. The molecule has 742 valence electrons. The number of hydrogen-bond donors (Lipinski definition) is 23. The lowest BCUT2D eigenvalue weighted by Gasteiger charge is -2.29. The maximum atomic E-state index is 15.0. The van der Waals surface area contributed by atoms with Gasteiger partial charge in [0.25, 0.3) is 0 Å². The Morgan fingerprint density at radius 3 is 1.60 bits per heavy atom. The summed E-state index contributed by atoms with van der Waals surface area (Å²) in [6.07, 6.45) is 0.895. The van der Waals surface area contributed by atoms with Gasteiger partial charge in [-0.25, -0.2) is 0 Å². The van der Waals surface area contributed by atoms with Crippen molar-refractivity contribution in [1.29, 1.82) is 0 Å². The molecule has 2 heterocycles. The number of benzene rings is 3. The van der Waals surface area contributed by atoms with Crippen molar-refractivity contribution in [1.82, 2.24) is 100 Å². The van der Waals surface area contributed by atoms with Gasteiger partial charge >= 0.3 is 0 Å². The Morgan fingerprint density at radius 1 is 0.515 bits per heavy atom. The Kier molecular flexibility index (Phi) is 49.4. The number of aromatic nitrogens is 3. The molecular weight excluding hydrogens is 1780 g/mol. The maximum absolute atomic E-state index is 15.0. The Bertz CT molecular complexity index is 4570. The molecular formula is C89H138N22O21S2. The van der Waals surface area contributed by atoms with Crippen LogP contribution < -0.4 is 102 Å². The minimum atomic E-state index is -1.81. The van der Waals surface area contributed by atoms with Gasteiger partial charge in [-0.2, -0.15) is 23.5 Å². The molecule has 18 atom stereocenters. The van der Waals surface area contributed by atoms with Gasteiger partial charge in [0.15, 0.2) is 0 Å². The quantitative estimate of drug-likeness (QED) is 0.0185. The van der Waals surface area contributed by atoms with E-state index in [0.29, 0.717) is 30.4 Å². The van der Waals surface area contributed by atoms with Crippen molar-refractivity contribution >= 4 is 135 Å². The fraction of sp³-hybridized carbons (Fsp3) is 0.607. The summed E-state index contributed by atoms with van der Waals surface area (Å²) in [6, 6.07) is -1.24. The van der Waals surface area contributed by atoms with Gasteiger partial charge in [-0.05, 0) is 182 Å². The molecule has 1 aliphatic heterocycles. The van der Waals surface area contributed by atoms with Crippen LogP contribution in [-0.2, 0) is 107 Å². The first-order chi connectivity index (χ1) is 63.6. The van der Waals surface area contributed by atoms with E-state index in [2.05, 4.69) is 95.4 Å². The molecule has 0 saturated carbocycles. The van der Waals surface area contributed by atoms with Crippen LogP contribution in [0.2, 0.25) is 0 Å². The number of fused-ring (bicyclic) bond motifs is 3. The van der Waals surface area contributed by atoms with Crippen molar-refractivity contribution in [3.05, 3.63) is 95.8 Å². The van der Waals surface area contributed by atoms with E-state index in [1.807, 2.05) is 18.2 Å². The molecule has 45 heteroatoms. The summed E-state index contributed by atoms with van der Waals surface area (Å²) >= 11 is 2.61. The molecule has 3 aromatic carbocycles. The first kappa shape index (κ1) is 113. The Balaban J connectivity index is 1.40. The molecule has 5 rings (SSSR count). The SMILES string of the molecule is CSCC[C@H](NC(=O)CNC(=O)C(Cc1ccc2ccccc2c1)NC(=O)[C@@H](NC(=O)[C@@H](NC(C)=O)[C@@H](C)O)[C@@H](C)O)C(=O)N[C@@H](CCSC)C(=O)N[C@H](C(=O)N[C@@H](CC(C)C)C(=O)N[C@@H](CCCCN)C(=O)N[C@H]1CCCCn2cc(nn2)C[C@H](C(=O)N[C@@H](CC(C)C)C(=O)N[C@@H](CO)C(N)=O)NC(=O)[C@H](CCCCN)NC(=O)[C@H](Cc2ccccc2)NC(=O)[C@H](C)NC1=O)[C@@H](C)O. The average molecular weight is 1920 g/mol. The zero-order chi connectivity index (χ0) is 99.4. The number of primary amides is 1. The number of carbonyl (C=O) groups is 17. The molecule has 2 bridgehead atoms. The molecule has 0 spiro atoms. The van der Waals surface area contributed by atoms with Crippen LogP contribution in [-0.4, -0.2) is 295 Å². The molecule has 134 heavy (non-hydrogen) atoms. The van der Waals surface area contributed by atoms with Gasteiger partial charge in [0, 0.05) is 38.9 Å². The zero-order valence-electron chi connectivity index (χ0n) is 77.9. The van der Waals surface area contributed by atoms with Crippen LogP contribution in [0.15, 0.2) is 79.0 Å². The van der Waals surface area contributed by atoms with E-state index < -0.39 is 223 Å². The van der Waals surface area contributed by atoms with E-state index in [1.54, 1.807) is 94.8 Å². The molecule has 26 N–H and O–H groups in total.